The summed E-state index contributed by atoms with van der Waals surface area (Å²) in [7, 11) is 0. The Bertz CT molecular complexity index is 375. The molecule has 2 heterocycles. The van der Waals surface area contributed by atoms with Crippen LogP contribution in [0.3, 0.4) is 0 Å². The number of hydrogen-bond donors (Lipinski definition) is 1. The van der Waals surface area contributed by atoms with Gasteiger partial charge in [0, 0.05) is 18.0 Å². The van der Waals surface area contributed by atoms with Gasteiger partial charge in [0.1, 0.15) is 0 Å². The molecule has 0 aromatic carbocycles. The van der Waals surface area contributed by atoms with Crippen LogP contribution in [-0.4, -0.2) is 24.0 Å². The number of nitrogens with zero attached hydrogens (tertiary/aromatic N) is 1. The van der Waals surface area contributed by atoms with E-state index >= 15 is 0 Å². The molecule has 0 saturated carbocycles. The van der Waals surface area contributed by atoms with E-state index < -0.39 is 0 Å². The second-order valence-electron chi connectivity index (χ2n) is 5.28. The highest BCUT2D eigenvalue weighted by atomic mass is 32.1. The molecule has 4 heteroatoms. The van der Waals surface area contributed by atoms with Crippen LogP contribution in [0.1, 0.15) is 44.0 Å². The Morgan fingerprint density at radius 2 is 2.44 bits per heavy atom. The van der Waals surface area contributed by atoms with Crippen LogP contribution in [-0.2, 0) is 0 Å². The fraction of sp³-hybridized carbons (Fsp3) is 0.643. The van der Waals surface area contributed by atoms with Gasteiger partial charge in [0.25, 0.3) is 0 Å². The van der Waals surface area contributed by atoms with E-state index in [0.717, 1.165) is 32.4 Å². The predicted octanol–water partition coefficient (Wildman–Crippen LogP) is 3.64. The summed E-state index contributed by atoms with van der Waals surface area (Å²) >= 11 is 1.75. The van der Waals surface area contributed by atoms with Gasteiger partial charge in [0.05, 0.1) is 6.04 Å². The maximum Gasteiger partial charge on any atom is 0.317 e. The first-order chi connectivity index (χ1) is 8.68. The van der Waals surface area contributed by atoms with Crippen molar-refractivity contribution in [3.8, 4) is 0 Å². The summed E-state index contributed by atoms with van der Waals surface area (Å²) in [5.74, 6) is 0.636. The van der Waals surface area contributed by atoms with Crippen molar-refractivity contribution in [3.05, 3.63) is 22.4 Å². The molecule has 1 aromatic rings. The molecule has 0 aliphatic carbocycles. The van der Waals surface area contributed by atoms with Gasteiger partial charge < -0.3 is 10.2 Å². The van der Waals surface area contributed by atoms with E-state index in [1.807, 2.05) is 4.90 Å². The van der Waals surface area contributed by atoms with E-state index in [1.54, 1.807) is 11.3 Å². The number of amides is 2. The Labute approximate surface area is 113 Å². The molecule has 1 atom stereocenters. The molecule has 0 bridgehead atoms. The van der Waals surface area contributed by atoms with Gasteiger partial charge in [-0.05, 0) is 36.6 Å². The van der Waals surface area contributed by atoms with Gasteiger partial charge in [-0.2, -0.15) is 0 Å². The number of likely N-dealkylation sites (tertiary alicyclic amines) is 1. The molecule has 1 aliphatic rings. The molecule has 3 nitrogen and oxygen atoms in total. The van der Waals surface area contributed by atoms with Crippen LogP contribution in [0, 0.1) is 5.92 Å². The van der Waals surface area contributed by atoms with Crippen LogP contribution in [0.5, 0.6) is 0 Å². The molecule has 1 N–H and O–H groups in total. The first-order valence-corrected chi connectivity index (χ1v) is 7.64. The Balaban J connectivity index is 1.89. The third kappa shape index (κ3) is 3.25. The zero-order chi connectivity index (χ0) is 13.0. The predicted molar refractivity (Wildman–Crippen MR) is 75.9 cm³/mol. The molecular weight excluding hydrogens is 244 g/mol. The summed E-state index contributed by atoms with van der Waals surface area (Å²) in [6.07, 6.45) is 3.25. The fourth-order valence-corrected chi connectivity index (χ4v) is 3.23. The number of carbonyl (C=O) groups excluding carboxylic acids is 1. The van der Waals surface area contributed by atoms with E-state index in [-0.39, 0.29) is 6.03 Å². The average Bonchev–Trinajstić information content (AvgIpc) is 2.99. The molecular formula is C14H22N2OS. The van der Waals surface area contributed by atoms with Gasteiger partial charge in [-0.25, -0.2) is 4.79 Å². The van der Waals surface area contributed by atoms with Crippen molar-refractivity contribution in [2.75, 3.05) is 13.1 Å². The molecule has 2 amide bonds. The Morgan fingerprint density at radius 1 is 1.61 bits per heavy atom. The Hall–Kier alpha value is -1.03. The monoisotopic (exact) mass is 266 g/mol. The number of hydrogen-bond acceptors (Lipinski definition) is 2. The van der Waals surface area contributed by atoms with E-state index in [9.17, 15) is 4.79 Å². The first kappa shape index (κ1) is 13.4. The van der Waals surface area contributed by atoms with Crippen LogP contribution in [0.25, 0.3) is 0 Å². The van der Waals surface area contributed by atoms with Crippen LogP contribution in [0.2, 0.25) is 0 Å². The Morgan fingerprint density at radius 3 is 3.11 bits per heavy atom. The van der Waals surface area contributed by atoms with E-state index in [4.69, 9.17) is 0 Å². The number of nitrogens with one attached hydrogen (secondary N) is 1. The average molecular weight is 266 g/mol. The van der Waals surface area contributed by atoms with Crippen LogP contribution in [0.15, 0.2) is 17.5 Å². The Kier molecular flexibility index (Phi) is 4.64. The number of rotatable bonds is 4. The smallest absolute Gasteiger partial charge is 0.317 e. The highest BCUT2D eigenvalue weighted by Crippen LogP contribution is 2.34. The standard InChI is InChI=1S/C14H22N2OS/c1-11(2)7-8-15-14(17)16-9-3-5-12(16)13-6-4-10-18-13/h4,6,10-12H,3,5,7-9H2,1-2H3,(H,15,17). The van der Waals surface area contributed by atoms with Gasteiger partial charge in [0.15, 0.2) is 0 Å². The topological polar surface area (TPSA) is 32.3 Å². The lowest BCUT2D eigenvalue weighted by Gasteiger charge is -2.24. The largest absolute Gasteiger partial charge is 0.338 e. The second-order valence-corrected chi connectivity index (χ2v) is 6.26. The maximum absolute atomic E-state index is 12.2. The lowest BCUT2D eigenvalue weighted by molar-refractivity contribution is 0.193. The van der Waals surface area contributed by atoms with Gasteiger partial charge in [-0.3, -0.25) is 0 Å². The molecule has 1 saturated heterocycles. The number of carbonyl (C=O) groups is 1. The van der Waals surface area contributed by atoms with Gasteiger partial charge in [0.2, 0.25) is 0 Å². The summed E-state index contributed by atoms with van der Waals surface area (Å²) in [4.78, 5) is 15.5. The van der Waals surface area contributed by atoms with Crippen molar-refractivity contribution >= 4 is 17.4 Å². The molecule has 1 aliphatic heterocycles. The zero-order valence-corrected chi connectivity index (χ0v) is 12.0. The summed E-state index contributed by atoms with van der Waals surface area (Å²) in [6.45, 7) is 6.02. The van der Waals surface area contributed by atoms with E-state index in [0.29, 0.717) is 12.0 Å². The lowest BCUT2D eigenvalue weighted by Crippen LogP contribution is -2.39. The van der Waals surface area contributed by atoms with Crippen molar-refractivity contribution in [1.82, 2.24) is 10.2 Å². The van der Waals surface area contributed by atoms with Gasteiger partial charge in [-0.15, -0.1) is 11.3 Å². The normalized spacial score (nSPS) is 19.5. The highest BCUT2D eigenvalue weighted by Gasteiger charge is 2.30. The third-order valence-corrected chi connectivity index (χ3v) is 4.36. The summed E-state index contributed by atoms with van der Waals surface area (Å²) in [5.41, 5.74) is 0. The minimum absolute atomic E-state index is 0.103. The zero-order valence-electron chi connectivity index (χ0n) is 11.2. The van der Waals surface area contributed by atoms with Crippen molar-refractivity contribution < 1.29 is 4.79 Å². The van der Waals surface area contributed by atoms with Crippen molar-refractivity contribution in [2.45, 2.75) is 39.2 Å². The molecule has 1 aromatic heterocycles. The quantitative estimate of drug-likeness (QED) is 0.886. The SMILES string of the molecule is CC(C)CCNC(=O)N1CCCC1c1cccs1. The minimum Gasteiger partial charge on any atom is -0.338 e. The molecule has 0 radical (unpaired) electrons. The van der Waals surface area contributed by atoms with E-state index in [2.05, 4.69) is 36.7 Å². The molecule has 1 unspecified atom stereocenters. The van der Waals surface area contributed by atoms with Crippen LogP contribution >= 0.6 is 11.3 Å². The fourth-order valence-electron chi connectivity index (χ4n) is 2.36. The summed E-state index contributed by atoms with van der Waals surface area (Å²) in [6, 6.07) is 4.60. The number of urea groups is 1. The highest BCUT2D eigenvalue weighted by molar-refractivity contribution is 7.10. The van der Waals surface area contributed by atoms with Gasteiger partial charge in [-0.1, -0.05) is 19.9 Å². The number of thiophene rings is 1. The second kappa shape index (κ2) is 6.23. The molecule has 1 fully saturated rings. The van der Waals surface area contributed by atoms with Crippen molar-refractivity contribution in [3.63, 3.8) is 0 Å². The van der Waals surface area contributed by atoms with Crippen molar-refractivity contribution in [2.24, 2.45) is 5.92 Å². The first-order valence-electron chi connectivity index (χ1n) is 6.76. The van der Waals surface area contributed by atoms with Crippen LogP contribution < -0.4 is 5.32 Å². The summed E-state index contributed by atoms with van der Waals surface area (Å²) < 4.78 is 0. The van der Waals surface area contributed by atoms with Gasteiger partial charge >= 0.3 is 6.03 Å². The van der Waals surface area contributed by atoms with Crippen LogP contribution in [0.4, 0.5) is 4.79 Å². The molecule has 18 heavy (non-hydrogen) atoms. The summed E-state index contributed by atoms with van der Waals surface area (Å²) in [5, 5.41) is 5.13. The van der Waals surface area contributed by atoms with Crippen molar-refractivity contribution in [1.29, 1.82) is 0 Å². The molecule has 100 valence electrons. The molecule has 2 rings (SSSR count). The lowest BCUT2D eigenvalue weighted by atomic mass is 10.1. The van der Waals surface area contributed by atoms with E-state index in [1.165, 1.54) is 4.88 Å². The third-order valence-electron chi connectivity index (χ3n) is 3.38. The minimum atomic E-state index is 0.103. The molecule has 0 spiro atoms. The maximum atomic E-state index is 12.2.